The second-order valence-corrected chi connectivity index (χ2v) is 2.98. The maximum Gasteiger partial charge on any atom is 0.170 e. The Morgan fingerprint density at radius 2 is 2.00 bits per heavy atom. The molecular formula is C11H6N4O. The average molecular weight is 210 g/mol. The number of aldehydes is 1. The minimum Gasteiger partial charge on any atom is -0.296 e. The van der Waals surface area contributed by atoms with Crippen molar-refractivity contribution in [3.63, 3.8) is 0 Å². The molecule has 0 N–H and O–H groups in total. The van der Waals surface area contributed by atoms with Gasteiger partial charge in [0.05, 0.1) is 5.69 Å². The molecule has 0 saturated carbocycles. The first-order chi connectivity index (χ1) is 7.83. The molecule has 0 bridgehead atoms. The van der Waals surface area contributed by atoms with Crippen LogP contribution < -0.4 is 0 Å². The minimum atomic E-state index is 0.264. The molecule has 5 nitrogen and oxygen atoms in total. The van der Waals surface area contributed by atoms with Crippen LogP contribution in [0.3, 0.4) is 0 Å². The van der Waals surface area contributed by atoms with Crippen LogP contribution in [0.1, 0.15) is 16.2 Å². The van der Waals surface area contributed by atoms with Gasteiger partial charge in [0.15, 0.2) is 6.29 Å². The van der Waals surface area contributed by atoms with Gasteiger partial charge in [0, 0.05) is 0 Å². The zero-order valence-corrected chi connectivity index (χ0v) is 8.16. The summed E-state index contributed by atoms with van der Waals surface area (Å²) in [7, 11) is 0. The van der Waals surface area contributed by atoms with Crippen LogP contribution in [-0.4, -0.2) is 21.5 Å². The Kier molecular flexibility index (Phi) is 2.65. The van der Waals surface area contributed by atoms with Gasteiger partial charge in [0.2, 0.25) is 0 Å². The van der Waals surface area contributed by atoms with Crippen LogP contribution >= 0.6 is 0 Å². The van der Waals surface area contributed by atoms with Gasteiger partial charge in [0.25, 0.3) is 0 Å². The van der Waals surface area contributed by atoms with Crippen molar-refractivity contribution in [1.82, 2.24) is 15.2 Å². The van der Waals surface area contributed by atoms with E-state index in [1.165, 1.54) is 0 Å². The Bertz CT molecular complexity index is 557. The van der Waals surface area contributed by atoms with Crippen molar-refractivity contribution in [2.75, 3.05) is 0 Å². The second kappa shape index (κ2) is 4.28. The van der Waals surface area contributed by atoms with Gasteiger partial charge in [-0.1, -0.05) is 6.07 Å². The van der Waals surface area contributed by atoms with E-state index in [1.807, 2.05) is 6.07 Å². The van der Waals surface area contributed by atoms with Crippen molar-refractivity contribution in [2.45, 2.75) is 0 Å². The first-order valence-corrected chi connectivity index (χ1v) is 4.50. The lowest BCUT2D eigenvalue weighted by Crippen LogP contribution is -1.94. The smallest absolute Gasteiger partial charge is 0.170 e. The van der Waals surface area contributed by atoms with Crippen LogP contribution in [0, 0.1) is 11.3 Å². The van der Waals surface area contributed by atoms with Crippen LogP contribution in [0.2, 0.25) is 0 Å². The molecule has 2 aromatic heterocycles. The molecule has 2 heterocycles. The zero-order chi connectivity index (χ0) is 11.4. The summed E-state index contributed by atoms with van der Waals surface area (Å²) in [5.41, 5.74) is 1.67. The lowest BCUT2D eigenvalue weighted by Gasteiger charge is -1.98. The van der Waals surface area contributed by atoms with Crippen molar-refractivity contribution in [3.8, 4) is 17.5 Å². The molecule has 0 aliphatic heterocycles. The highest BCUT2D eigenvalue weighted by atomic mass is 16.1. The quantitative estimate of drug-likeness (QED) is 0.696. The van der Waals surface area contributed by atoms with Gasteiger partial charge in [-0.05, 0) is 24.3 Å². The van der Waals surface area contributed by atoms with Gasteiger partial charge in [-0.25, -0.2) is 4.98 Å². The van der Waals surface area contributed by atoms with Gasteiger partial charge < -0.3 is 0 Å². The van der Waals surface area contributed by atoms with Crippen LogP contribution in [0.15, 0.2) is 30.3 Å². The third kappa shape index (κ3) is 1.91. The molecule has 0 atom stereocenters. The number of hydrogen-bond donors (Lipinski definition) is 0. The van der Waals surface area contributed by atoms with Crippen molar-refractivity contribution in [2.24, 2.45) is 0 Å². The van der Waals surface area contributed by atoms with Gasteiger partial charge in [-0.15, -0.1) is 10.2 Å². The van der Waals surface area contributed by atoms with Gasteiger partial charge in [-0.3, -0.25) is 4.79 Å². The molecule has 5 heteroatoms. The Balaban J connectivity index is 2.42. The van der Waals surface area contributed by atoms with E-state index in [4.69, 9.17) is 5.26 Å². The molecule has 76 valence electrons. The average Bonchev–Trinajstić information content (AvgIpc) is 2.39. The van der Waals surface area contributed by atoms with E-state index in [-0.39, 0.29) is 5.69 Å². The fraction of sp³-hybridized carbons (Fsp3) is 0. The number of nitrogens with zero attached hydrogens (tertiary/aromatic N) is 4. The number of nitriles is 1. The predicted molar refractivity (Wildman–Crippen MR) is 55.4 cm³/mol. The fourth-order valence-corrected chi connectivity index (χ4v) is 1.18. The Hall–Kier alpha value is -2.61. The SMILES string of the molecule is N#Cc1cccc(-c2ccc(C=O)nn2)n1. The highest BCUT2D eigenvalue weighted by Crippen LogP contribution is 2.13. The first-order valence-electron chi connectivity index (χ1n) is 4.50. The predicted octanol–water partition coefficient (Wildman–Crippen LogP) is 1.22. The number of rotatable bonds is 2. The third-order valence-electron chi connectivity index (χ3n) is 1.93. The Labute approximate surface area is 91.4 Å². The maximum absolute atomic E-state index is 10.4. The standard InChI is InChI=1S/C11H6N4O/c12-6-8-2-1-3-10(13-8)11-5-4-9(7-16)14-15-11/h1-5,7H. The molecule has 0 spiro atoms. The van der Waals surface area contributed by atoms with E-state index < -0.39 is 0 Å². The number of hydrogen-bond acceptors (Lipinski definition) is 5. The van der Waals surface area contributed by atoms with E-state index in [9.17, 15) is 4.79 Å². The molecule has 0 unspecified atom stereocenters. The van der Waals surface area contributed by atoms with Crippen LogP contribution in [-0.2, 0) is 0 Å². The molecule has 2 aromatic rings. The van der Waals surface area contributed by atoms with Gasteiger partial charge >= 0.3 is 0 Å². The van der Waals surface area contributed by atoms with Crippen molar-refractivity contribution in [1.29, 1.82) is 5.26 Å². The summed E-state index contributed by atoms with van der Waals surface area (Å²) in [6.07, 6.45) is 0.621. The van der Waals surface area contributed by atoms with Crippen LogP contribution in [0.5, 0.6) is 0 Å². The first kappa shape index (κ1) is 9.93. The molecule has 0 saturated heterocycles. The molecule has 16 heavy (non-hydrogen) atoms. The molecule has 0 aliphatic rings. The highest BCUT2D eigenvalue weighted by Gasteiger charge is 2.03. The van der Waals surface area contributed by atoms with E-state index in [0.29, 0.717) is 23.4 Å². The zero-order valence-electron chi connectivity index (χ0n) is 8.16. The Morgan fingerprint density at radius 1 is 1.12 bits per heavy atom. The monoisotopic (exact) mass is 210 g/mol. The summed E-state index contributed by atoms with van der Waals surface area (Å²) < 4.78 is 0. The van der Waals surface area contributed by atoms with Crippen molar-refractivity contribution in [3.05, 3.63) is 41.7 Å². The minimum absolute atomic E-state index is 0.264. The topological polar surface area (TPSA) is 79.5 Å². The molecule has 2 rings (SSSR count). The second-order valence-electron chi connectivity index (χ2n) is 2.98. The summed E-state index contributed by atoms with van der Waals surface area (Å²) in [4.78, 5) is 14.5. The highest BCUT2D eigenvalue weighted by molar-refractivity contribution is 5.72. The summed E-state index contributed by atoms with van der Waals surface area (Å²) in [6, 6.07) is 10.2. The van der Waals surface area contributed by atoms with E-state index >= 15 is 0 Å². The van der Waals surface area contributed by atoms with E-state index in [0.717, 1.165) is 0 Å². The molecule has 0 aliphatic carbocycles. The lowest BCUT2D eigenvalue weighted by atomic mass is 10.2. The normalized spacial score (nSPS) is 9.44. The number of pyridine rings is 1. The van der Waals surface area contributed by atoms with Crippen LogP contribution in [0.4, 0.5) is 0 Å². The number of aromatic nitrogens is 3. The summed E-state index contributed by atoms with van der Waals surface area (Å²) in [5, 5.41) is 16.2. The van der Waals surface area contributed by atoms with Crippen LogP contribution in [0.25, 0.3) is 11.4 Å². The fourth-order valence-electron chi connectivity index (χ4n) is 1.18. The Morgan fingerprint density at radius 3 is 2.62 bits per heavy atom. The van der Waals surface area contributed by atoms with E-state index in [1.54, 1.807) is 30.3 Å². The van der Waals surface area contributed by atoms with Crippen molar-refractivity contribution >= 4 is 6.29 Å². The summed E-state index contributed by atoms with van der Waals surface area (Å²) in [6.45, 7) is 0. The molecule has 0 aromatic carbocycles. The third-order valence-corrected chi connectivity index (χ3v) is 1.93. The molecular weight excluding hydrogens is 204 g/mol. The summed E-state index contributed by atoms with van der Waals surface area (Å²) in [5.74, 6) is 0. The lowest BCUT2D eigenvalue weighted by molar-refractivity contribution is 0.111. The largest absolute Gasteiger partial charge is 0.296 e. The van der Waals surface area contributed by atoms with E-state index in [2.05, 4.69) is 15.2 Å². The number of carbonyl (C=O) groups excluding carboxylic acids is 1. The van der Waals surface area contributed by atoms with Crippen molar-refractivity contribution < 1.29 is 4.79 Å². The summed E-state index contributed by atoms with van der Waals surface area (Å²) >= 11 is 0. The molecule has 0 radical (unpaired) electrons. The molecule has 0 amide bonds. The molecule has 0 fully saturated rings. The van der Waals surface area contributed by atoms with Gasteiger partial charge in [0.1, 0.15) is 23.2 Å². The van der Waals surface area contributed by atoms with Gasteiger partial charge in [-0.2, -0.15) is 5.26 Å². The maximum atomic E-state index is 10.4. The number of carbonyl (C=O) groups is 1.